The lowest BCUT2D eigenvalue weighted by molar-refractivity contribution is -0.118. The van der Waals surface area contributed by atoms with Crippen LogP contribution in [0.25, 0.3) is 0 Å². The Morgan fingerprint density at radius 3 is 2.72 bits per heavy atom. The molecule has 1 rings (SSSR count). The third-order valence-electron chi connectivity index (χ3n) is 2.12. The van der Waals surface area contributed by atoms with Gasteiger partial charge in [0.15, 0.2) is 0 Å². The molecule has 0 aromatic heterocycles. The lowest BCUT2D eigenvalue weighted by Gasteiger charge is -2.05. The van der Waals surface area contributed by atoms with Gasteiger partial charge in [0, 0.05) is 11.4 Å². The molecule has 0 heterocycles. The van der Waals surface area contributed by atoms with Gasteiger partial charge in [-0.1, -0.05) is 23.7 Å². The van der Waals surface area contributed by atoms with E-state index >= 15 is 0 Å². The Kier molecular flexibility index (Phi) is 10.3. The summed E-state index contributed by atoms with van der Waals surface area (Å²) in [7, 11) is 1.90. The van der Waals surface area contributed by atoms with E-state index < -0.39 is 0 Å². The van der Waals surface area contributed by atoms with E-state index in [2.05, 4.69) is 10.6 Å². The van der Waals surface area contributed by atoms with Crippen LogP contribution in [0.3, 0.4) is 0 Å². The Bertz CT molecular complexity index is 364. The predicted octanol–water partition coefficient (Wildman–Crippen LogP) is 2.58. The normalized spacial score (nSPS) is 9.67. The lowest BCUT2D eigenvalue weighted by atomic mass is 10.4. The number of thioether (sulfide) groups is 1. The fourth-order valence-electron chi connectivity index (χ4n) is 1.25. The van der Waals surface area contributed by atoms with E-state index in [0.717, 1.165) is 17.9 Å². The minimum absolute atomic E-state index is 0. The predicted molar refractivity (Wildman–Crippen MR) is 81.0 cm³/mol. The van der Waals surface area contributed by atoms with Gasteiger partial charge in [0.2, 0.25) is 5.91 Å². The number of carbonyl (C=O) groups excluding carboxylic acids is 1. The molecule has 0 aliphatic heterocycles. The van der Waals surface area contributed by atoms with Gasteiger partial charge in [-0.3, -0.25) is 4.79 Å². The highest BCUT2D eigenvalue weighted by Crippen LogP contribution is 2.26. The van der Waals surface area contributed by atoms with Gasteiger partial charge >= 0.3 is 0 Å². The quantitative estimate of drug-likeness (QED) is 0.601. The van der Waals surface area contributed by atoms with Crippen LogP contribution in [0.15, 0.2) is 29.2 Å². The third kappa shape index (κ3) is 7.11. The number of benzene rings is 1. The number of halogens is 2. The second kappa shape index (κ2) is 10.5. The molecule has 0 saturated heterocycles. The molecular formula is C12H18Cl2N2OS. The monoisotopic (exact) mass is 308 g/mol. The van der Waals surface area contributed by atoms with Crippen molar-refractivity contribution in [2.45, 2.75) is 11.3 Å². The molecule has 1 aromatic rings. The van der Waals surface area contributed by atoms with Crippen molar-refractivity contribution in [1.82, 2.24) is 10.6 Å². The van der Waals surface area contributed by atoms with Crippen molar-refractivity contribution in [3.05, 3.63) is 29.3 Å². The van der Waals surface area contributed by atoms with Gasteiger partial charge in [0.25, 0.3) is 0 Å². The van der Waals surface area contributed by atoms with Crippen LogP contribution in [-0.2, 0) is 4.79 Å². The number of hydrogen-bond acceptors (Lipinski definition) is 3. The van der Waals surface area contributed by atoms with Gasteiger partial charge in [-0.15, -0.1) is 24.2 Å². The van der Waals surface area contributed by atoms with Gasteiger partial charge in [-0.2, -0.15) is 0 Å². The highest BCUT2D eigenvalue weighted by molar-refractivity contribution is 8.00. The molecule has 0 aliphatic rings. The molecule has 0 atom stereocenters. The summed E-state index contributed by atoms with van der Waals surface area (Å²) >= 11 is 7.45. The van der Waals surface area contributed by atoms with E-state index in [0.29, 0.717) is 17.3 Å². The maximum absolute atomic E-state index is 11.5. The second-order valence-electron chi connectivity index (χ2n) is 3.53. The summed E-state index contributed by atoms with van der Waals surface area (Å²) in [5, 5.41) is 6.59. The van der Waals surface area contributed by atoms with E-state index in [1.807, 2.05) is 31.3 Å². The van der Waals surface area contributed by atoms with Crippen LogP contribution in [0, 0.1) is 0 Å². The van der Waals surface area contributed by atoms with Crippen LogP contribution in [0.2, 0.25) is 5.02 Å². The first-order valence-corrected chi connectivity index (χ1v) is 6.89. The molecule has 102 valence electrons. The minimum Gasteiger partial charge on any atom is -0.355 e. The maximum Gasteiger partial charge on any atom is 0.230 e. The standard InChI is InChI=1S/C12H17ClN2OS.ClH/c1-14-7-4-8-15-12(16)9-17-11-6-3-2-5-10(11)13;/h2-3,5-6,14H,4,7-9H2,1H3,(H,15,16);1H. The van der Waals surface area contributed by atoms with Gasteiger partial charge in [-0.25, -0.2) is 0 Å². The van der Waals surface area contributed by atoms with E-state index in [9.17, 15) is 4.79 Å². The average molecular weight is 309 g/mol. The van der Waals surface area contributed by atoms with Crippen molar-refractivity contribution in [2.24, 2.45) is 0 Å². The first-order chi connectivity index (χ1) is 8.24. The maximum atomic E-state index is 11.5. The fourth-order valence-corrected chi connectivity index (χ4v) is 2.32. The van der Waals surface area contributed by atoms with Gasteiger partial charge in [-0.05, 0) is 32.1 Å². The number of nitrogens with one attached hydrogen (secondary N) is 2. The van der Waals surface area contributed by atoms with E-state index in [-0.39, 0.29) is 18.3 Å². The first-order valence-electron chi connectivity index (χ1n) is 5.52. The van der Waals surface area contributed by atoms with Crippen molar-refractivity contribution in [3.8, 4) is 0 Å². The van der Waals surface area contributed by atoms with Gasteiger partial charge < -0.3 is 10.6 Å². The first kappa shape index (κ1) is 17.6. The zero-order valence-corrected chi connectivity index (χ0v) is 12.6. The van der Waals surface area contributed by atoms with E-state index in [1.165, 1.54) is 11.8 Å². The molecule has 18 heavy (non-hydrogen) atoms. The zero-order chi connectivity index (χ0) is 12.5. The SMILES string of the molecule is CNCCCNC(=O)CSc1ccccc1Cl.Cl. The van der Waals surface area contributed by atoms with Crippen LogP contribution in [0.4, 0.5) is 0 Å². The molecule has 1 aromatic carbocycles. The van der Waals surface area contributed by atoms with Crippen LogP contribution in [-0.4, -0.2) is 31.8 Å². The molecule has 6 heteroatoms. The highest BCUT2D eigenvalue weighted by atomic mass is 35.5. The van der Waals surface area contributed by atoms with Gasteiger partial charge in [0.05, 0.1) is 10.8 Å². The lowest BCUT2D eigenvalue weighted by Crippen LogP contribution is -2.27. The summed E-state index contributed by atoms with van der Waals surface area (Å²) in [5.74, 6) is 0.453. The summed E-state index contributed by atoms with van der Waals surface area (Å²) in [6.07, 6.45) is 0.943. The second-order valence-corrected chi connectivity index (χ2v) is 4.95. The molecule has 3 nitrogen and oxygen atoms in total. The zero-order valence-electron chi connectivity index (χ0n) is 10.2. The fraction of sp³-hybridized carbons (Fsp3) is 0.417. The van der Waals surface area contributed by atoms with Crippen LogP contribution < -0.4 is 10.6 Å². The third-order valence-corrected chi connectivity index (χ3v) is 3.64. The Hall–Kier alpha value is -0.420. The molecule has 0 fully saturated rings. The summed E-state index contributed by atoms with van der Waals surface area (Å²) in [6, 6.07) is 7.54. The molecule has 0 saturated carbocycles. The number of hydrogen-bond donors (Lipinski definition) is 2. The summed E-state index contributed by atoms with van der Waals surface area (Å²) in [4.78, 5) is 12.4. The molecule has 0 unspecified atom stereocenters. The van der Waals surface area contributed by atoms with Crippen LogP contribution in [0.1, 0.15) is 6.42 Å². The number of rotatable bonds is 7. The largest absolute Gasteiger partial charge is 0.355 e. The molecule has 2 N–H and O–H groups in total. The molecule has 1 amide bonds. The number of amides is 1. The molecule has 0 bridgehead atoms. The van der Waals surface area contributed by atoms with Crippen LogP contribution >= 0.6 is 35.8 Å². The molecule has 0 spiro atoms. The molecular weight excluding hydrogens is 291 g/mol. The summed E-state index contributed by atoms with van der Waals surface area (Å²) in [5.41, 5.74) is 0. The van der Waals surface area contributed by atoms with Gasteiger partial charge in [0.1, 0.15) is 0 Å². The number of carbonyl (C=O) groups is 1. The molecule has 0 radical (unpaired) electrons. The average Bonchev–Trinajstić information content (AvgIpc) is 2.34. The smallest absolute Gasteiger partial charge is 0.230 e. The van der Waals surface area contributed by atoms with Crippen molar-refractivity contribution in [1.29, 1.82) is 0 Å². The Morgan fingerprint density at radius 1 is 1.33 bits per heavy atom. The van der Waals surface area contributed by atoms with Crippen molar-refractivity contribution in [3.63, 3.8) is 0 Å². The Morgan fingerprint density at radius 2 is 2.06 bits per heavy atom. The molecule has 0 aliphatic carbocycles. The minimum atomic E-state index is 0. The van der Waals surface area contributed by atoms with Crippen molar-refractivity contribution in [2.75, 3.05) is 25.9 Å². The Balaban J connectivity index is 0.00000289. The topological polar surface area (TPSA) is 41.1 Å². The van der Waals surface area contributed by atoms with E-state index in [4.69, 9.17) is 11.6 Å². The van der Waals surface area contributed by atoms with Crippen molar-refractivity contribution < 1.29 is 4.79 Å². The van der Waals surface area contributed by atoms with Crippen molar-refractivity contribution >= 4 is 41.7 Å². The summed E-state index contributed by atoms with van der Waals surface area (Å²) < 4.78 is 0. The highest BCUT2D eigenvalue weighted by Gasteiger charge is 2.04. The Labute approximate surface area is 123 Å². The summed E-state index contributed by atoms with van der Waals surface area (Å²) in [6.45, 7) is 1.63. The van der Waals surface area contributed by atoms with E-state index in [1.54, 1.807) is 0 Å². The van der Waals surface area contributed by atoms with Crippen LogP contribution in [0.5, 0.6) is 0 Å².